The lowest BCUT2D eigenvalue weighted by Crippen LogP contribution is -2.39. The van der Waals surface area contributed by atoms with E-state index in [1.807, 2.05) is 39.8 Å². The molecule has 0 bridgehead atoms. The molecule has 6 nitrogen and oxygen atoms in total. The van der Waals surface area contributed by atoms with Crippen LogP contribution in [0.2, 0.25) is 0 Å². The highest BCUT2D eigenvalue weighted by atomic mass is 16.6. The minimum Gasteiger partial charge on any atom is -0.501 e. The van der Waals surface area contributed by atoms with Gasteiger partial charge in [-0.15, -0.1) is 0 Å². The second kappa shape index (κ2) is 9.33. The zero-order valence-electron chi connectivity index (χ0n) is 18.3. The Morgan fingerprint density at radius 3 is 2.34 bits per heavy atom. The maximum atomic E-state index is 11.5. The maximum Gasteiger partial charge on any atom is 0.272 e. The number of nitrogens with zero attached hydrogens (tertiary/aromatic N) is 2. The van der Waals surface area contributed by atoms with Gasteiger partial charge in [-0.25, -0.2) is 0 Å². The van der Waals surface area contributed by atoms with Gasteiger partial charge in [-0.05, 0) is 52.0 Å². The first-order valence-electron chi connectivity index (χ1n) is 10.1. The van der Waals surface area contributed by atoms with Gasteiger partial charge in [0.25, 0.3) is 5.69 Å². The van der Waals surface area contributed by atoms with Crippen LogP contribution in [0.5, 0.6) is 0 Å². The van der Waals surface area contributed by atoms with Crippen LogP contribution >= 0.6 is 0 Å². The van der Waals surface area contributed by atoms with E-state index in [4.69, 9.17) is 9.47 Å². The summed E-state index contributed by atoms with van der Waals surface area (Å²) in [6.07, 6.45) is 1.84. The van der Waals surface area contributed by atoms with Crippen molar-refractivity contribution in [3.05, 3.63) is 64.7 Å². The van der Waals surface area contributed by atoms with Gasteiger partial charge in [0, 0.05) is 30.6 Å². The van der Waals surface area contributed by atoms with Gasteiger partial charge in [-0.3, -0.25) is 10.1 Å². The quantitative estimate of drug-likeness (QED) is 0.328. The van der Waals surface area contributed by atoms with Crippen LogP contribution in [-0.2, 0) is 9.47 Å². The molecule has 2 atom stereocenters. The van der Waals surface area contributed by atoms with E-state index in [0.717, 1.165) is 31.5 Å². The molecule has 0 spiro atoms. The van der Waals surface area contributed by atoms with Gasteiger partial charge in [0.2, 0.25) is 0 Å². The summed E-state index contributed by atoms with van der Waals surface area (Å²) in [6, 6.07) is 6.96. The average molecular weight is 403 g/mol. The normalized spacial score (nSPS) is 17.3. The molecule has 1 saturated heterocycles. The highest BCUT2D eigenvalue weighted by Crippen LogP contribution is 2.42. The summed E-state index contributed by atoms with van der Waals surface area (Å²) in [4.78, 5) is 13.4. The molecule has 0 radical (unpaired) electrons. The van der Waals surface area contributed by atoms with Gasteiger partial charge in [0.05, 0.1) is 17.8 Å². The summed E-state index contributed by atoms with van der Waals surface area (Å²) in [5.74, 6) is 1.62. The van der Waals surface area contributed by atoms with E-state index >= 15 is 0 Å². The van der Waals surface area contributed by atoms with Gasteiger partial charge >= 0.3 is 0 Å². The minimum absolute atomic E-state index is 0.0000461. The number of rotatable bonds is 8. The molecule has 1 aromatic carbocycles. The van der Waals surface area contributed by atoms with Gasteiger partial charge in [-0.1, -0.05) is 31.7 Å². The Hall–Kier alpha value is -2.50. The van der Waals surface area contributed by atoms with Crippen LogP contribution in [-0.4, -0.2) is 35.6 Å². The highest BCUT2D eigenvalue weighted by Gasteiger charge is 2.36. The molecule has 29 heavy (non-hydrogen) atoms. The maximum absolute atomic E-state index is 11.5. The fourth-order valence-corrected chi connectivity index (χ4v) is 4.24. The first-order chi connectivity index (χ1) is 13.5. The second-order valence-corrected chi connectivity index (χ2v) is 8.73. The van der Waals surface area contributed by atoms with E-state index in [9.17, 15) is 10.1 Å². The van der Waals surface area contributed by atoms with Crippen LogP contribution in [0.3, 0.4) is 0 Å². The standard InChI is InChI=1S/C23H34N2O4/c1-16(20-10-8-9-11-21(20)25(26)27)22(17(2)28-7)19-12-14-24(15-13-19)18(3)29-23(4,5)6/h8-11,16,19,22H,2-3,12-15H2,1,4-7H3. The smallest absolute Gasteiger partial charge is 0.272 e. The monoisotopic (exact) mass is 402 g/mol. The Kier molecular flexibility index (Phi) is 7.33. The molecule has 6 heteroatoms. The van der Waals surface area contributed by atoms with Gasteiger partial charge in [0.1, 0.15) is 5.60 Å². The number of methoxy groups -OCH3 is 1. The number of likely N-dealkylation sites (tertiary alicyclic amines) is 1. The number of nitro groups is 1. The van der Waals surface area contributed by atoms with Crippen molar-refractivity contribution >= 4 is 5.69 Å². The Morgan fingerprint density at radius 2 is 1.83 bits per heavy atom. The molecule has 1 aromatic rings. The van der Waals surface area contributed by atoms with Crippen molar-refractivity contribution < 1.29 is 14.4 Å². The zero-order valence-corrected chi connectivity index (χ0v) is 18.3. The lowest BCUT2D eigenvalue weighted by molar-refractivity contribution is -0.385. The molecule has 0 saturated carbocycles. The third-order valence-electron chi connectivity index (χ3n) is 5.62. The molecular weight excluding hydrogens is 368 g/mol. The van der Waals surface area contributed by atoms with Crippen LogP contribution in [0.15, 0.2) is 49.1 Å². The lowest BCUT2D eigenvalue weighted by Gasteiger charge is -2.40. The average Bonchev–Trinajstić information content (AvgIpc) is 2.67. The topological polar surface area (TPSA) is 64.8 Å². The first kappa shape index (κ1) is 22.8. The van der Waals surface area contributed by atoms with Crippen LogP contribution in [0.1, 0.15) is 52.0 Å². The van der Waals surface area contributed by atoms with E-state index in [0.29, 0.717) is 17.6 Å². The number of para-hydroxylation sites is 1. The predicted molar refractivity (Wildman–Crippen MR) is 115 cm³/mol. The first-order valence-corrected chi connectivity index (χ1v) is 10.1. The largest absolute Gasteiger partial charge is 0.501 e. The van der Waals surface area contributed by atoms with Gasteiger partial charge < -0.3 is 14.4 Å². The molecule has 1 fully saturated rings. The van der Waals surface area contributed by atoms with Crippen LogP contribution in [0.25, 0.3) is 0 Å². The van der Waals surface area contributed by atoms with Crippen LogP contribution < -0.4 is 0 Å². The Balaban J connectivity index is 2.18. The minimum atomic E-state index is -0.311. The van der Waals surface area contributed by atoms with E-state index < -0.39 is 0 Å². The van der Waals surface area contributed by atoms with Crippen molar-refractivity contribution in [1.29, 1.82) is 0 Å². The summed E-state index contributed by atoms with van der Waals surface area (Å²) >= 11 is 0. The van der Waals surface area contributed by atoms with E-state index in [1.54, 1.807) is 19.2 Å². The van der Waals surface area contributed by atoms with Crippen molar-refractivity contribution in [2.45, 2.75) is 52.1 Å². The third kappa shape index (κ3) is 5.75. The Morgan fingerprint density at radius 1 is 1.24 bits per heavy atom. The number of benzene rings is 1. The summed E-state index contributed by atoms with van der Waals surface area (Å²) in [5.41, 5.74) is 0.601. The molecule has 1 aliphatic heterocycles. The molecule has 0 N–H and O–H groups in total. The molecular formula is C23H34N2O4. The number of hydrogen-bond acceptors (Lipinski definition) is 5. The number of allylic oxidation sites excluding steroid dienone is 1. The van der Waals surface area contributed by atoms with E-state index in [1.165, 1.54) is 0 Å². The lowest BCUT2D eigenvalue weighted by atomic mass is 9.73. The number of ether oxygens (including phenoxy) is 2. The fraction of sp³-hybridized carbons (Fsp3) is 0.565. The predicted octanol–water partition coefficient (Wildman–Crippen LogP) is 5.47. The number of hydrogen-bond donors (Lipinski definition) is 0. The summed E-state index contributed by atoms with van der Waals surface area (Å²) < 4.78 is 11.4. The van der Waals surface area contributed by atoms with E-state index in [2.05, 4.69) is 18.1 Å². The molecule has 0 aromatic heterocycles. The fourth-order valence-electron chi connectivity index (χ4n) is 4.24. The molecule has 0 aliphatic carbocycles. The molecule has 0 amide bonds. The summed E-state index contributed by atoms with van der Waals surface area (Å²) in [5, 5.41) is 11.5. The summed E-state index contributed by atoms with van der Waals surface area (Å²) in [6.45, 7) is 17.9. The summed E-state index contributed by atoms with van der Waals surface area (Å²) in [7, 11) is 1.62. The van der Waals surface area contributed by atoms with Gasteiger partial charge in [-0.2, -0.15) is 0 Å². The van der Waals surface area contributed by atoms with E-state index in [-0.39, 0.29) is 28.0 Å². The van der Waals surface area contributed by atoms with Crippen molar-refractivity contribution in [1.82, 2.24) is 4.90 Å². The van der Waals surface area contributed by atoms with Crippen LogP contribution in [0.4, 0.5) is 5.69 Å². The third-order valence-corrected chi connectivity index (χ3v) is 5.62. The van der Waals surface area contributed by atoms with Crippen molar-refractivity contribution in [3.63, 3.8) is 0 Å². The molecule has 1 heterocycles. The highest BCUT2D eigenvalue weighted by molar-refractivity contribution is 5.43. The molecule has 2 unspecified atom stereocenters. The number of nitro benzene ring substituents is 1. The van der Waals surface area contributed by atoms with Crippen LogP contribution in [0, 0.1) is 22.0 Å². The Labute approximate surface area is 174 Å². The zero-order chi connectivity index (χ0) is 21.8. The van der Waals surface area contributed by atoms with Gasteiger partial charge in [0.15, 0.2) is 5.88 Å². The molecule has 1 aliphatic rings. The second-order valence-electron chi connectivity index (χ2n) is 8.73. The van der Waals surface area contributed by atoms with Crippen molar-refractivity contribution in [3.8, 4) is 0 Å². The number of piperidine rings is 1. The van der Waals surface area contributed by atoms with Crippen molar-refractivity contribution in [2.75, 3.05) is 20.2 Å². The molecule has 2 rings (SSSR count). The Bertz CT molecular complexity index is 745. The SMILES string of the molecule is C=C(OC)C(C1CCN(C(=C)OC(C)(C)C)CC1)C(C)c1ccccc1[N+](=O)[O-]. The molecule has 160 valence electrons. The van der Waals surface area contributed by atoms with Crippen molar-refractivity contribution in [2.24, 2.45) is 11.8 Å².